The van der Waals surface area contributed by atoms with Crippen molar-refractivity contribution in [2.45, 2.75) is 13.8 Å². The van der Waals surface area contributed by atoms with Gasteiger partial charge in [0, 0.05) is 24.5 Å². The Morgan fingerprint density at radius 2 is 2.00 bits per heavy atom. The number of aryl methyl sites for hydroxylation is 1. The number of aliphatic hydroxyl groups excluding tert-OH is 1. The summed E-state index contributed by atoms with van der Waals surface area (Å²) in [5.41, 5.74) is 8.75. The smallest absolute Gasteiger partial charge is 0.726 e. The summed E-state index contributed by atoms with van der Waals surface area (Å²) in [4.78, 5) is 2.12. The van der Waals surface area contributed by atoms with Gasteiger partial charge in [-0.15, -0.1) is 0 Å². The molecular formula is C11H20N2O5S. The van der Waals surface area contributed by atoms with Crippen molar-refractivity contribution in [3.05, 3.63) is 23.8 Å². The number of hydrogen-bond acceptors (Lipinski definition) is 6. The molecule has 0 atom stereocenters. The average molecular weight is 292 g/mol. The van der Waals surface area contributed by atoms with E-state index in [1.165, 1.54) is 0 Å². The third-order valence-corrected chi connectivity index (χ3v) is 2.37. The minimum atomic E-state index is -4.92. The zero-order valence-electron chi connectivity index (χ0n) is 11.9. The maximum Gasteiger partial charge on any atom is 1.00 e. The van der Waals surface area contributed by atoms with Crippen LogP contribution >= 0.6 is 0 Å². The number of hydrogen-bond donors (Lipinski definition) is 3. The molecule has 7 nitrogen and oxygen atoms in total. The number of aliphatic hydroxyl groups is 1. The van der Waals surface area contributed by atoms with E-state index in [0.29, 0.717) is 6.54 Å². The van der Waals surface area contributed by atoms with Crippen LogP contribution in [0.25, 0.3) is 0 Å². The highest BCUT2D eigenvalue weighted by molar-refractivity contribution is 7.79. The van der Waals surface area contributed by atoms with Crippen molar-refractivity contribution in [3.8, 4) is 0 Å². The molecule has 0 aliphatic rings. The number of nitrogens with zero attached hydrogens (tertiary/aromatic N) is 1. The lowest BCUT2D eigenvalue weighted by Crippen LogP contribution is -2.26. The predicted molar refractivity (Wildman–Crippen MR) is 74.0 cm³/mol. The first-order valence-corrected chi connectivity index (χ1v) is 6.95. The fourth-order valence-electron chi connectivity index (χ4n) is 1.45. The van der Waals surface area contributed by atoms with Gasteiger partial charge in [-0.2, -0.15) is 0 Å². The van der Waals surface area contributed by atoms with Gasteiger partial charge in [0.05, 0.1) is 6.61 Å². The minimum absolute atomic E-state index is 0. The van der Waals surface area contributed by atoms with E-state index in [2.05, 4.69) is 17.9 Å². The van der Waals surface area contributed by atoms with Crippen molar-refractivity contribution in [2.75, 3.05) is 30.3 Å². The number of likely N-dealkylation sites (N-methyl/N-ethyl adjacent to an activating group) is 1. The van der Waals surface area contributed by atoms with Gasteiger partial charge in [0.2, 0.25) is 10.4 Å². The molecule has 0 aliphatic carbocycles. The summed E-state index contributed by atoms with van der Waals surface area (Å²) >= 11 is 0. The van der Waals surface area contributed by atoms with E-state index in [1.54, 1.807) is 0 Å². The molecule has 1 aromatic rings. The van der Waals surface area contributed by atoms with Gasteiger partial charge in [-0.25, -0.2) is 8.42 Å². The highest BCUT2D eigenvalue weighted by Crippen LogP contribution is 2.19. The summed E-state index contributed by atoms with van der Waals surface area (Å²) in [7, 11) is -4.92. The molecule has 19 heavy (non-hydrogen) atoms. The summed E-state index contributed by atoms with van der Waals surface area (Å²) in [6.07, 6.45) is 0. The van der Waals surface area contributed by atoms with Gasteiger partial charge in [0.25, 0.3) is 0 Å². The molecule has 0 saturated heterocycles. The van der Waals surface area contributed by atoms with Crippen LogP contribution in [0, 0.1) is 6.92 Å². The van der Waals surface area contributed by atoms with Gasteiger partial charge in [0.1, 0.15) is 0 Å². The van der Waals surface area contributed by atoms with Crippen LogP contribution in [0.1, 0.15) is 13.9 Å². The second-order valence-corrected chi connectivity index (χ2v) is 4.63. The topological polar surface area (TPSA) is 127 Å². The summed E-state index contributed by atoms with van der Waals surface area (Å²) in [5.74, 6) is 0. The van der Waals surface area contributed by atoms with Crippen molar-refractivity contribution in [2.24, 2.45) is 0 Å². The number of benzene rings is 1. The monoisotopic (exact) mass is 292 g/mol. The molecule has 8 heteroatoms. The predicted octanol–water partition coefficient (Wildman–Crippen LogP) is 0.513. The molecule has 1 aromatic carbocycles. The molecule has 0 amide bonds. The van der Waals surface area contributed by atoms with Crippen LogP contribution in [0.3, 0.4) is 0 Å². The largest absolute Gasteiger partial charge is 1.00 e. The Morgan fingerprint density at radius 3 is 2.37 bits per heavy atom. The molecular weight excluding hydrogens is 272 g/mol. The molecule has 0 heterocycles. The molecule has 0 spiro atoms. The van der Waals surface area contributed by atoms with Gasteiger partial charge < -0.3 is 20.3 Å². The first-order chi connectivity index (χ1) is 8.69. The second-order valence-electron chi connectivity index (χ2n) is 3.77. The van der Waals surface area contributed by atoms with E-state index >= 15 is 0 Å². The van der Waals surface area contributed by atoms with Gasteiger partial charge in [-0.05, 0) is 37.6 Å². The van der Waals surface area contributed by atoms with Crippen LogP contribution in [0.4, 0.5) is 11.4 Å². The van der Waals surface area contributed by atoms with E-state index in [-0.39, 0.29) is 8.03 Å². The Hall–Kier alpha value is -1.35. The van der Waals surface area contributed by atoms with Crippen LogP contribution in [-0.2, 0) is 10.4 Å². The van der Waals surface area contributed by atoms with E-state index in [9.17, 15) is 0 Å². The van der Waals surface area contributed by atoms with Gasteiger partial charge in [-0.1, -0.05) is 0 Å². The summed E-state index contributed by atoms with van der Waals surface area (Å²) in [6, 6.07) is 5.95. The highest BCUT2D eigenvalue weighted by Gasteiger charge is 2.04. The summed E-state index contributed by atoms with van der Waals surface area (Å²) < 4.78 is 32.8. The van der Waals surface area contributed by atoms with Crippen molar-refractivity contribution >= 4 is 21.8 Å². The molecule has 0 saturated carbocycles. The van der Waals surface area contributed by atoms with Crippen LogP contribution in [0.5, 0.6) is 0 Å². The fraction of sp³-hybridized carbons (Fsp3) is 0.455. The van der Waals surface area contributed by atoms with Crippen molar-refractivity contribution in [3.63, 3.8) is 0 Å². The Bertz CT molecular complexity index is 488. The van der Waals surface area contributed by atoms with E-state index in [4.69, 9.17) is 28.4 Å². The van der Waals surface area contributed by atoms with E-state index in [1.807, 2.05) is 19.1 Å². The molecule has 0 aromatic heterocycles. The zero-order chi connectivity index (χ0) is 15.1. The van der Waals surface area contributed by atoms with Crippen LogP contribution in [0.2, 0.25) is 0 Å². The number of rotatable bonds is 4. The minimum Gasteiger partial charge on any atom is -0.726 e. The Morgan fingerprint density at radius 1 is 1.47 bits per heavy atom. The molecule has 1 rings (SSSR count). The molecule has 0 radical (unpaired) electrons. The lowest BCUT2D eigenvalue weighted by Gasteiger charge is -2.22. The molecule has 0 unspecified atom stereocenters. The Labute approximate surface area is 114 Å². The molecule has 110 valence electrons. The SMILES string of the molecule is CCN(CCO)c1ccc(N)c(C)c1.O=S(=O)([O-])O.[H+]. The van der Waals surface area contributed by atoms with Gasteiger partial charge in [-0.3, -0.25) is 4.55 Å². The summed E-state index contributed by atoms with van der Waals surface area (Å²) in [5, 5.41) is 8.89. The van der Waals surface area contributed by atoms with Gasteiger partial charge >= 0.3 is 1.43 Å². The van der Waals surface area contributed by atoms with Crippen molar-refractivity contribution < 1.29 is 24.1 Å². The zero-order valence-corrected chi connectivity index (χ0v) is 11.7. The fourth-order valence-corrected chi connectivity index (χ4v) is 1.45. The first kappa shape index (κ1) is 17.6. The van der Waals surface area contributed by atoms with E-state index < -0.39 is 10.4 Å². The molecule has 0 aliphatic heterocycles. The standard InChI is InChI=1S/C11H18N2O.H2O4S/c1-3-13(6-7-14)10-4-5-11(12)9(2)8-10;1-5(2,3)4/h4-5,8,14H,3,6-7,12H2,1-2H3;(H2,1,2,3,4). The van der Waals surface area contributed by atoms with Crippen molar-refractivity contribution in [1.29, 1.82) is 0 Å². The van der Waals surface area contributed by atoms with Crippen LogP contribution in [-0.4, -0.2) is 42.3 Å². The van der Waals surface area contributed by atoms with Gasteiger partial charge in [0.15, 0.2) is 0 Å². The van der Waals surface area contributed by atoms with Crippen LogP contribution < -0.4 is 10.6 Å². The number of anilines is 2. The first-order valence-electron chi connectivity index (χ1n) is 5.59. The molecule has 0 bridgehead atoms. The maximum atomic E-state index is 8.89. The normalized spacial score (nSPS) is 10.6. The van der Waals surface area contributed by atoms with Crippen LogP contribution in [0.15, 0.2) is 18.2 Å². The molecule has 4 N–H and O–H groups in total. The second kappa shape index (κ2) is 7.95. The highest BCUT2D eigenvalue weighted by atomic mass is 32.3. The third kappa shape index (κ3) is 8.38. The summed E-state index contributed by atoms with van der Waals surface area (Å²) in [6.45, 7) is 5.80. The van der Waals surface area contributed by atoms with Crippen molar-refractivity contribution in [1.82, 2.24) is 0 Å². The maximum absolute atomic E-state index is 8.89. The Balaban J connectivity index is 0. The molecule has 0 fully saturated rings. The Kier molecular flexibility index (Phi) is 7.38. The lowest BCUT2D eigenvalue weighted by atomic mass is 10.1. The number of nitrogens with two attached hydrogens (primary N) is 1. The average Bonchev–Trinajstić information content (AvgIpc) is 2.27. The quantitative estimate of drug-likeness (QED) is 0.419. The number of nitrogen functional groups attached to an aromatic ring is 1. The third-order valence-electron chi connectivity index (χ3n) is 2.37. The van der Waals surface area contributed by atoms with E-state index in [0.717, 1.165) is 23.5 Å². The lowest BCUT2D eigenvalue weighted by molar-refractivity contribution is 0.302.